The molecule has 0 aliphatic carbocycles. The Hall–Kier alpha value is -0.850. The molecule has 0 aromatic rings. The number of aromatic nitrogens is 3. The van der Waals surface area contributed by atoms with E-state index in [1.807, 2.05) is 0 Å². The summed E-state index contributed by atoms with van der Waals surface area (Å²) in [7, 11) is 0. The van der Waals surface area contributed by atoms with Crippen molar-refractivity contribution in [2.75, 3.05) is 5.73 Å². The SMILES string of the molecule is Nc1nc[nH]c2ncc(I)c1-2. The van der Waals surface area contributed by atoms with Gasteiger partial charge in [0.15, 0.2) is 0 Å². The molecule has 0 saturated heterocycles. The zero-order valence-electron chi connectivity index (χ0n) is 5.50. The molecule has 2 rings (SSSR count). The second-order valence-electron chi connectivity index (χ2n) is 2.12. The Morgan fingerprint density at radius 2 is 2.27 bits per heavy atom. The van der Waals surface area contributed by atoms with Gasteiger partial charge in [-0.05, 0) is 22.6 Å². The largest absolute Gasteiger partial charge is 0.383 e. The van der Waals surface area contributed by atoms with Gasteiger partial charge in [0.05, 0.1) is 11.9 Å². The minimum Gasteiger partial charge on any atom is -0.383 e. The van der Waals surface area contributed by atoms with Gasteiger partial charge >= 0.3 is 0 Å². The van der Waals surface area contributed by atoms with Crippen LogP contribution in [0.3, 0.4) is 0 Å². The molecule has 2 heterocycles. The van der Waals surface area contributed by atoms with Gasteiger partial charge in [-0.25, -0.2) is 9.97 Å². The van der Waals surface area contributed by atoms with E-state index < -0.39 is 0 Å². The lowest BCUT2D eigenvalue weighted by atomic mass is 10.3. The quantitative estimate of drug-likeness (QED) is 0.697. The third kappa shape index (κ3) is 0.953. The molecule has 0 aromatic heterocycles. The van der Waals surface area contributed by atoms with Crippen molar-refractivity contribution in [1.29, 1.82) is 0 Å². The molecule has 0 fully saturated rings. The Labute approximate surface area is 76.7 Å². The molecule has 0 unspecified atom stereocenters. The summed E-state index contributed by atoms with van der Waals surface area (Å²) in [6.45, 7) is 0. The van der Waals surface area contributed by atoms with Gasteiger partial charge in [-0.1, -0.05) is 0 Å². The lowest BCUT2D eigenvalue weighted by molar-refractivity contribution is 1.14. The van der Waals surface area contributed by atoms with Gasteiger partial charge < -0.3 is 10.7 Å². The summed E-state index contributed by atoms with van der Waals surface area (Å²) in [5, 5.41) is 0. The number of nitrogens with two attached hydrogens (primary N) is 1. The van der Waals surface area contributed by atoms with Crippen molar-refractivity contribution in [3.8, 4) is 11.4 Å². The van der Waals surface area contributed by atoms with E-state index in [1.165, 1.54) is 0 Å². The molecule has 0 amide bonds. The zero-order chi connectivity index (χ0) is 7.84. The van der Waals surface area contributed by atoms with Crippen LogP contribution in [0.4, 0.5) is 5.82 Å². The van der Waals surface area contributed by atoms with E-state index in [0.717, 1.165) is 15.0 Å². The van der Waals surface area contributed by atoms with Crippen molar-refractivity contribution in [2.24, 2.45) is 0 Å². The van der Waals surface area contributed by atoms with E-state index in [0.29, 0.717) is 5.82 Å². The summed E-state index contributed by atoms with van der Waals surface area (Å²) in [6.07, 6.45) is 3.31. The Morgan fingerprint density at radius 1 is 1.45 bits per heavy atom. The van der Waals surface area contributed by atoms with Crippen LogP contribution in [0, 0.1) is 3.57 Å². The third-order valence-corrected chi connectivity index (χ3v) is 2.26. The lowest BCUT2D eigenvalue weighted by Gasteiger charge is -1.99. The van der Waals surface area contributed by atoms with Crippen molar-refractivity contribution in [1.82, 2.24) is 15.0 Å². The maximum atomic E-state index is 5.63. The predicted octanol–water partition coefficient (Wildman–Crippen LogP) is 1.10. The normalized spacial score (nSPS) is 10.6. The van der Waals surface area contributed by atoms with E-state index in [1.54, 1.807) is 12.5 Å². The minimum atomic E-state index is 0.528. The predicted molar refractivity (Wildman–Crippen MR) is 50.1 cm³/mol. The number of hydrogen-bond donors (Lipinski definition) is 2. The Morgan fingerprint density at radius 3 is 3.00 bits per heavy atom. The monoisotopic (exact) mass is 260 g/mol. The maximum Gasteiger partial charge on any atom is 0.143 e. The number of aromatic amines is 1. The summed E-state index contributed by atoms with van der Waals surface area (Å²) in [6, 6.07) is 0. The van der Waals surface area contributed by atoms with E-state index in [-0.39, 0.29) is 0 Å². The molecule has 2 aliphatic heterocycles. The first-order chi connectivity index (χ1) is 5.29. The molecule has 0 radical (unpaired) electrons. The molecule has 0 bridgehead atoms. The van der Waals surface area contributed by atoms with Crippen LogP contribution in [0.1, 0.15) is 0 Å². The molecule has 0 aromatic carbocycles. The first-order valence-electron chi connectivity index (χ1n) is 3.02. The van der Waals surface area contributed by atoms with Crippen molar-refractivity contribution < 1.29 is 0 Å². The van der Waals surface area contributed by atoms with Crippen molar-refractivity contribution >= 4 is 28.4 Å². The van der Waals surface area contributed by atoms with Crippen LogP contribution in [0.15, 0.2) is 12.5 Å². The minimum absolute atomic E-state index is 0.528. The average molecular weight is 260 g/mol. The van der Waals surface area contributed by atoms with E-state index in [4.69, 9.17) is 5.73 Å². The number of fused-ring (bicyclic) bond motifs is 1. The van der Waals surface area contributed by atoms with E-state index >= 15 is 0 Å². The summed E-state index contributed by atoms with van der Waals surface area (Å²) in [4.78, 5) is 10.9. The average Bonchev–Trinajstić information content (AvgIpc) is 2.34. The van der Waals surface area contributed by atoms with Crippen LogP contribution in [0.25, 0.3) is 11.4 Å². The molecule has 0 saturated carbocycles. The highest BCUT2D eigenvalue weighted by molar-refractivity contribution is 14.1. The Kier molecular flexibility index (Phi) is 1.45. The van der Waals surface area contributed by atoms with Gasteiger partial charge in [-0.2, -0.15) is 0 Å². The summed E-state index contributed by atoms with van der Waals surface area (Å²) < 4.78 is 1.03. The molecule has 2 aliphatic rings. The third-order valence-electron chi connectivity index (χ3n) is 1.44. The highest BCUT2D eigenvalue weighted by atomic mass is 127. The van der Waals surface area contributed by atoms with Crippen LogP contribution >= 0.6 is 22.6 Å². The molecule has 0 spiro atoms. The molecule has 4 nitrogen and oxygen atoms in total. The summed E-state index contributed by atoms with van der Waals surface area (Å²) in [5.41, 5.74) is 6.54. The number of hydrogen-bond acceptors (Lipinski definition) is 3. The van der Waals surface area contributed by atoms with Crippen LogP contribution in [-0.4, -0.2) is 15.0 Å². The zero-order valence-corrected chi connectivity index (χ0v) is 7.66. The molecule has 0 atom stereocenters. The second kappa shape index (κ2) is 2.33. The molecular weight excluding hydrogens is 255 g/mol. The fraction of sp³-hybridized carbons (Fsp3) is 0. The van der Waals surface area contributed by atoms with Crippen molar-refractivity contribution in [2.45, 2.75) is 0 Å². The fourth-order valence-electron chi connectivity index (χ4n) is 0.944. The first-order valence-corrected chi connectivity index (χ1v) is 4.10. The number of rotatable bonds is 0. The van der Waals surface area contributed by atoms with Crippen LogP contribution < -0.4 is 5.73 Å². The highest BCUT2D eigenvalue weighted by Crippen LogP contribution is 2.27. The molecular formula is C6H5IN4. The highest BCUT2D eigenvalue weighted by Gasteiger charge is 2.12. The van der Waals surface area contributed by atoms with Gasteiger partial charge in [0, 0.05) is 9.77 Å². The lowest BCUT2D eigenvalue weighted by Crippen LogP contribution is -1.96. The molecule has 11 heavy (non-hydrogen) atoms. The summed E-state index contributed by atoms with van der Waals surface area (Å²) >= 11 is 2.18. The van der Waals surface area contributed by atoms with Gasteiger partial charge in [-0.3, -0.25) is 0 Å². The van der Waals surface area contributed by atoms with Crippen LogP contribution in [0.5, 0.6) is 0 Å². The van der Waals surface area contributed by atoms with Crippen LogP contribution in [-0.2, 0) is 0 Å². The Bertz CT molecular complexity index is 356. The molecule has 5 heteroatoms. The number of nitrogens with zero attached hydrogens (tertiary/aromatic N) is 2. The second-order valence-corrected chi connectivity index (χ2v) is 3.28. The van der Waals surface area contributed by atoms with Gasteiger partial charge in [0.1, 0.15) is 11.6 Å². The number of anilines is 1. The summed E-state index contributed by atoms with van der Waals surface area (Å²) in [5.74, 6) is 1.32. The number of halogens is 1. The molecule has 56 valence electrons. The topological polar surface area (TPSA) is 67.6 Å². The first kappa shape index (κ1) is 6.84. The number of nitrogens with one attached hydrogen (secondary N) is 1. The number of nitrogen functional groups attached to an aromatic ring is 1. The van der Waals surface area contributed by atoms with E-state index in [2.05, 4.69) is 37.5 Å². The van der Waals surface area contributed by atoms with E-state index in [9.17, 15) is 0 Å². The van der Waals surface area contributed by atoms with Crippen molar-refractivity contribution in [3.63, 3.8) is 0 Å². The van der Waals surface area contributed by atoms with Crippen molar-refractivity contribution in [3.05, 3.63) is 16.1 Å². The maximum absolute atomic E-state index is 5.63. The van der Waals surface area contributed by atoms with Gasteiger partial charge in [0.25, 0.3) is 0 Å². The van der Waals surface area contributed by atoms with Gasteiger partial charge in [-0.15, -0.1) is 0 Å². The standard InChI is InChI=1S/C6H5IN4/c7-3-1-9-6-4(3)5(8)10-2-11-6/h1-2H,(H3,8,9,10,11). The Balaban J connectivity index is 2.82. The van der Waals surface area contributed by atoms with Crippen LogP contribution in [0.2, 0.25) is 0 Å². The fourth-order valence-corrected chi connectivity index (χ4v) is 1.62. The van der Waals surface area contributed by atoms with Gasteiger partial charge in [0.2, 0.25) is 0 Å². The molecule has 3 N–H and O–H groups in total. The number of H-pyrrole nitrogens is 1. The smallest absolute Gasteiger partial charge is 0.143 e.